The molecule has 1 amide bonds. The number of anilines is 1. The first kappa shape index (κ1) is 17.3. The van der Waals surface area contributed by atoms with Crippen LogP contribution in [0.1, 0.15) is 48.5 Å². The van der Waals surface area contributed by atoms with E-state index in [-0.39, 0.29) is 11.2 Å². The number of rotatable bonds is 2. The van der Waals surface area contributed by atoms with Gasteiger partial charge in [0.05, 0.1) is 16.2 Å². The van der Waals surface area contributed by atoms with Crippen LogP contribution in [0.5, 0.6) is 0 Å². The van der Waals surface area contributed by atoms with Gasteiger partial charge in [-0.15, -0.1) is 11.3 Å². The Morgan fingerprint density at radius 2 is 1.73 bits per heavy atom. The van der Waals surface area contributed by atoms with Gasteiger partial charge in [-0.05, 0) is 60.6 Å². The molecule has 0 spiro atoms. The van der Waals surface area contributed by atoms with Gasteiger partial charge in [0.1, 0.15) is 5.60 Å². The van der Waals surface area contributed by atoms with Crippen LogP contribution in [0.3, 0.4) is 0 Å². The first-order chi connectivity index (χ1) is 9.90. The second-order valence-corrected chi connectivity index (χ2v) is 8.53. The molecule has 1 saturated heterocycles. The van der Waals surface area contributed by atoms with Crippen LogP contribution in [0.15, 0.2) is 12.1 Å². The second-order valence-electron chi connectivity index (χ2n) is 7.42. The van der Waals surface area contributed by atoms with Crippen LogP contribution in [0, 0.1) is 0 Å². The van der Waals surface area contributed by atoms with E-state index in [1.165, 1.54) is 11.3 Å². The molecule has 2 rings (SSSR count). The molecule has 1 aromatic heterocycles. The normalized spacial score (nSPS) is 20.0. The molecule has 0 saturated carbocycles. The number of ether oxygens (including phenoxy) is 1. The summed E-state index contributed by atoms with van der Waals surface area (Å²) in [6.45, 7) is 13.5. The van der Waals surface area contributed by atoms with Gasteiger partial charge in [0, 0.05) is 4.78 Å². The molecular formula is C15H24BNO4S. The van der Waals surface area contributed by atoms with Gasteiger partial charge >= 0.3 is 13.2 Å². The van der Waals surface area contributed by atoms with Gasteiger partial charge in [-0.2, -0.15) is 0 Å². The number of thiophene rings is 1. The molecule has 1 aromatic rings. The molecular weight excluding hydrogens is 301 g/mol. The average Bonchev–Trinajstić information content (AvgIpc) is 2.79. The summed E-state index contributed by atoms with van der Waals surface area (Å²) >= 11 is 1.42. The van der Waals surface area contributed by atoms with Crippen molar-refractivity contribution < 1.29 is 18.8 Å². The van der Waals surface area contributed by atoms with E-state index in [1.807, 2.05) is 60.6 Å². The lowest BCUT2D eigenvalue weighted by Gasteiger charge is -2.32. The largest absolute Gasteiger partial charge is 0.505 e. The molecule has 22 heavy (non-hydrogen) atoms. The minimum Gasteiger partial charge on any atom is -0.444 e. The molecule has 122 valence electrons. The Morgan fingerprint density at radius 1 is 1.18 bits per heavy atom. The standard InChI is InChI=1S/C15H24BNO4S/c1-13(2,3)19-12(18)17-11-9-8-10(22-11)16-20-14(4,5)15(6,7)21-16/h8-9H,1-7H3,(H,17,18). The van der Waals surface area contributed by atoms with Crippen LogP contribution in [-0.2, 0) is 14.0 Å². The third-order valence-electron chi connectivity index (χ3n) is 3.74. The molecule has 7 heteroatoms. The highest BCUT2D eigenvalue weighted by Crippen LogP contribution is 2.37. The van der Waals surface area contributed by atoms with E-state index < -0.39 is 18.8 Å². The third kappa shape index (κ3) is 3.83. The predicted molar refractivity (Wildman–Crippen MR) is 89.9 cm³/mol. The summed E-state index contributed by atoms with van der Waals surface area (Å²) < 4.78 is 18.1. The Morgan fingerprint density at radius 3 is 2.23 bits per heavy atom. The highest BCUT2D eigenvalue weighted by atomic mass is 32.1. The Balaban J connectivity index is 2.03. The first-order valence-corrected chi connectivity index (χ1v) is 8.17. The molecule has 0 radical (unpaired) electrons. The first-order valence-electron chi connectivity index (χ1n) is 7.35. The number of nitrogens with one attached hydrogen (secondary N) is 1. The summed E-state index contributed by atoms with van der Waals surface area (Å²) in [6.07, 6.45) is -0.463. The lowest BCUT2D eigenvalue weighted by atomic mass is 9.88. The van der Waals surface area contributed by atoms with Gasteiger partial charge in [-0.3, -0.25) is 5.32 Å². The summed E-state index contributed by atoms with van der Waals surface area (Å²) in [7, 11) is -0.413. The lowest BCUT2D eigenvalue weighted by molar-refractivity contribution is 0.00578. The number of hydrogen-bond donors (Lipinski definition) is 1. The quantitative estimate of drug-likeness (QED) is 0.847. The molecule has 0 unspecified atom stereocenters. The molecule has 5 nitrogen and oxygen atoms in total. The zero-order chi connectivity index (χ0) is 16.8. The van der Waals surface area contributed by atoms with Gasteiger partial charge < -0.3 is 14.0 Å². The maximum absolute atomic E-state index is 11.8. The summed E-state index contributed by atoms with van der Waals surface area (Å²) in [5.74, 6) is 0. The molecule has 0 atom stereocenters. The predicted octanol–water partition coefficient (Wildman–Crippen LogP) is 3.39. The van der Waals surface area contributed by atoms with Crippen molar-refractivity contribution in [1.29, 1.82) is 0 Å². The zero-order valence-electron chi connectivity index (χ0n) is 14.3. The fraction of sp³-hybridized carbons (Fsp3) is 0.667. The molecule has 1 aliphatic rings. The molecule has 1 fully saturated rings. The van der Waals surface area contributed by atoms with Crippen LogP contribution in [-0.4, -0.2) is 30.0 Å². The fourth-order valence-corrected chi connectivity index (χ4v) is 2.76. The lowest BCUT2D eigenvalue weighted by Crippen LogP contribution is -2.41. The number of amides is 1. The smallest absolute Gasteiger partial charge is 0.444 e. The number of hydrogen-bond acceptors (Lipinski definition) is 5. The molecule has 2 heterocycles. The number of carbonyl (C=O) groups excluding carboxylic acids is 1. The Bertz CT molecular complexity index is 546. The van der Waals surface area contributed by atoms with Crippen LogP contribution >= 0.6 is 11.3 Å². The van der Waals surface area contributed by atoms with Gasteiger partial charge in [0.15, 0.2) is 0 Å². The summed E-state index contributed by atoms with van der Waals surface area (Å²) in [6, 6.07) is 3.73. The molecule has 0 aromatic carbocycles. The summed E-state index contributed by atoms with van der Waals surface area (Å²) in [4.78, 5) is 11.8. The molecule has 1 N–H and O–H groups in total. The van der Waals surface area contributed by atoms with E-state index >= 15 is 0 Å². The molecule has 0 bridgehead atoms. The van der Waals surface area contributed by atoms with E-state index in [0.717, 1.165) is 4.78 Å². The topological polar surface area (TPSA) is 56.8 Å². The minimum atomic E-state index is -0.518. The molecule has 0 aliphatic carbocycles. The maximum atomic E-state index is 11.8. The minimum absolute atomic E-state index is 0.375. The fourth-order valence-electron chi connectivity index (χ4n) is 1.91. The Hall–Kier alpha value is -1.05. The summed E-state index contributed by atoms with van der Waals surface area (Å²) in [5.41, 5.74) is -1.27. The highest BCUT2D eigenvalue weighted by molar-refractivity contribution is 7.25. The van der Waals surface area contributed by atoms with Crippen molar-refractivity contribution in [1.82, 2.24) is 0 Å². The van der Waals surface area contributed by atoms with Crippen molar-refractivity contribution in [3.63, 3.8) is 0 Å². The van der Waals surface area contributed by atoms with Gasteiger partial charge in [-0.25, -0.2) is 4.79 Å². The van der Waals surface area contributed by atoms with Crippen molar-refractivity contribution >= 4 is 34.3 Å². The van der Waals surface area contributed by atoms with E-state index in [1.54, 1.807) is 0 Å². The maximum Gasteiger partial charge on any atom is 0.505 e. The van der Waals surface area contributed by atoms with Crippen molar-refractivity contribution in [3.05, 3.63) is 12.1 Å². The average molecular weight is 325 g/mol. The number of carbonyl (C=O) groups is 1. The van der Waals surface area contributed by atoms with Crippen molar-refractivity contribution in [2.45, 2.75) is 65.3 Å². The van der Waals surface area contributed by atoms with Gasteiger partial charge in [0.2, 0.25) is 0 Å². The zero-order valence-corrected chi connectivity index (χ0v) is 15.1. The summed E-state index contributed by atoms with van der Waals surface area (Å²) in [5, 5.41) is 3.44. The molecule has 1 aliphatic heterocycles. The van der Waals surface area contributed by atoms with Crippen LogP contribution in [0.2, 0.25) is 0 Å². The van der Waals surface area contributed by atoms with E-state index in [2.05, 4.69) is 5.32 Å². The van der Waals surface area contributed by atoms with Crippen LogP contribution in [0.25, 0.3) is 0 Å². The van der Waals surface area contributed by atoms with Crippen molar-refractivity contribution in [2.75, 3.05) is 5.32 Å². The Kier molecular flexibility index (Phi) is 4.36. The van der Waals surface area contributed by atoms with E-state index in [0.29, 0.717) is 5.00 Å². The van der Waals surface area contributed by atoms with Gasteiger partial charge in [-0.1, -0.05) is 0 Å². The highest BCUT2D eigenvalue weighted by Gasteiger charge is 2.52. The third-order valence-corrected chi connectivity index (χ3v) is 4.76. The van der Waals surface area contributed by atoms with Crippen LogP contribution in [0.4, 0.5) is 9.80 Å². The monoisotopic (exact) mass is 325 g/mol. The second kappa shape index (κ2) is 5.55. The van der Waals surface area contributed by atoms with E-state index in [9.17, 15) is 4.79 Å². The van der Waals surface area contributed by atoms with Crippen LogP contribution < -0.4 is 10.1 Å². The SMILES string of the molecule is CC(C)(C)OC(=O)Nc1ccc(B2OC(C)(C)C(C)(C)O2)s1. The van der Waals surface area contributed by atoms with Crippen molar-refractivity contribution in [2.24, 2.45) is 0 Å². The van der Waals surface area contributed by atoms with Gasteiger partial charge in [0.25, 0.3) is 0 Å². The van der Waals surface area contributed by atoms with Crippen molar-refractivity contribution in [3.8, 4) is 0 Å². The van der Waals surface area contributed by atoms with E-state index in [4.69, 9.17) is 14.0 Å². The Labute approximate surface area is 136 Å².